The molecule has 2 aliphatic rings. The minimum Gasteiger partial charge on any atom is -0.389 e. The zero-order valence-electron chi connectivity index (χ0n) is 23.8. The van der Waals surface area contributed by atoms with E-state index >= 15 is 0 Å². The normalized spacial score (nSPS) is 15.5. The number of nitrogens with zero attached hydrogens (tertiary/aromatic N) is 6. The first-order valence-electron chi connectivity index (χ1n) is 13.7. The number of nitriles is 2. The molecule has 5 rings (SSSR count). The number of aromatic amines is 1. The van der Waals surface area contributed by atoms with E-state index in [9.17, 15) is 5.26 Å². The average Bonchev–Trinajstić information content (AvgIpc) is 3.02. The summed E-state index contributed by atoms with van der Waals surface area (Å²) in [6.45, 7) is 8.85. The summed E-state index contributed by atoms with van der Waals surface area (Å²) < 4.78 is 0.500. The Kier molecular flexibility index (Phi) is 11.3. The van der Waals surface area contributed by atoms with Gasteiger partial charge in [0.05, 0.1) is 5.69 Å². The van der Waals surface area contributed by atoms with Crippen LogP contribution < -0.4 is 20.4 Å². The number of halogens is 2. The molecule has 222 valence electrons. The third-order valence-corrected chi connectivity index (χ3v) is 8.56. The second-order valence-corrected chi connectivity index (χ2v) is 11.7. The topological polar surface area (TPSA) is 102 Å². The van der Waals surface area contributed by atoms with Gasteiger partial charge in [0.1, 0.15) is 32.9 Å². The van der Waals surface area contributed by atoms with Crippen LogP contribution in [0.3, 0.4) is 0 Å². The van der Waals surface area contributed by atoms with Gasteiger partial charge in [-0.3, -0.25) is 0 Å². The van der Waals surface area contributed by atoms with Crippen molar-refractivity contribution < 1.29 is 0 Å². The van der Waals surface area contributed by atoms with Crippen LogP contribution in [0.15, 0.2) is 72.1 Å². The lowest BCUT2D eigenvalue weighted by Crippen LogP contribution is -2.46. The van der Waals surface area contributed by atoms with Gasteiger partial charge in [-0.15, -0.1) is 0 Å². The molecule has 3 aromatic rings. The van der Waals surface area contributed by atoms with Crippen LogP contribution in [-0.4, -0.2) is 67.2 Å². The molecule has 3 heterocycles. The van der Waals surface area contributed by atoms with E-state index in [1.807, 2.05) is 61.5 Å². The summed E-state index contributed by atoms with van der Waals surface area (Å²) in [5, 5.41) is 19.9. The van der Waals surface area contributed by atoms with Crippen molar-refractivity contribution in [1.82, 2.24) is 9.88 Å². The van der Waals surface area contributed by atoms with E-state index in [0.717, 1.165) is 79.5 Å². The van der Waals surface area contributed by atoms with Gasteiger partial charge in [0.2, 0.25) is 0 Å². The minimum atomic E-state index is 0.162. The Morgan fingerprint density at radius 3 is 1.70 bits per heavy atom. The molecule has 2 aromatic carbocycles. The number of nitrogens with one attached hydrogen (secondary N) is 1. The van der Waals surface area contributed by atoms with Crippen molar-refractivity contribution >= 4 is 69.7 Å². The van der Waals surface area contributed by atoms with Crippen molar-refractivity contribution in [2.24, 2.45) is 5.73 Å². The number of hydrogen-bond donors (Lipinski definition) is 2. The van der Waals surface area contributed by atoms with Gasteiger partial charge in [-0.1, -0.05) is 47.6 Å². The molecule has 2 fully saturated rings. The minimum absolute atomic E-state index is 0.162. The fourth-order valence-corrected chi connectivity index (χ4v) is 5.79. The monoisotopic (exact) mass is 650 g/mol. The van der Waals surface area contributed by atoms with Crippen LogP contribution in [0.2, 0.25) is 10.0 Å². The zero-order valence-corrected chi connectivity index (χ0v) is 26.9. The predicted molar refractivity (Wildman–Crippen MR) is 183 cm³/mol. The van der Waals surface area contributed by atoms with E-state index in [2.05, 4.69) is 36.7 Å². The molecule has 0 amide bonds. The number of thiocarbonyl (C=S) groups is 1. The molecule has 0 unspecified atom stereocenters. The van der Waals surface area contributed by atoms with Crippen molar-refractivity contribution in [3.05, 3.63) is 92.3 Å². The van der Waals surface area contributed by atoms with Gasteiger partial charge < -0.3 is 30.3 Å². The van der Waals surface area contributed by atoms with Crippen LogP contribution in [0.5, 0.6) is 0 Å². The summed E-state index contributed by atoms with van der Waals surface area (Å²) in [7, 11) is 0. The first kappa shape index (κ1) is 32.1. The molecule has 0 atom stereocenters. The molecule has 0 bridgehead atoms. The summed E-state index contributed by atoms with van der Waals surface area (Å²) in [6.07, 6.45) is 1.80. The Bertz CT molecular complexity index is 1590. The molecule has 1 aromatic heterocycles. The van der Waals surface area contributed by atoms with Crippen molar-refractivity contribution in [3.63, 3.8) is 0 Å². The van der Waals surface area contributed by atoms with Gasteiger partial charge in [0, 0.05) is 85.7 Å². The second kappa shape index (κ2) is 15.1. The first-order valence-corrected chi connectivity index (χ1v) is 15.3. The SMILES string of the molecule is C/C(=C(\C#N)C(N)=S)N1CCN(c2ccc(Cl)cc2)CC1.N#Cc1c(N2CCN(c3ccc(Cl)cc3)CC2)cc[nH]c1=S. The Labute approximate surface area is 273 Å². The van der Waals surface area contributed by atoms with E-state index in [4.69, 9.17) is 58.6 Å². The van der Waals surface area contributed by atoms with Gasteiger partial charge >= 0.3 is 0 Å². The van der Waals surface area contributed by atoms with Crippen LogP contribution in [0.25, 0.3) is 0 Å². The maximum absolute atomic E-state index is 9.30. The third kappa shape index (κ3) is 8.19. The standard InChI is InChI=1S/C16H15ClN4S.C15H17ClN4S/c17-12-1-3-13(4-2-12)20-7-9-21(10-8-20)15-5-6-19-16(22)14(15)11-18;1-11(14(10-17)15(18)21)19-6-8-20(9-7-19)13-4-2-12(16)3-5-13/h1-6H,7-10H2,(H,19,22);2-5H,6-9H2,1H3,(H2,18,21)/b;14-11-. The van der Waals surface area contributed by atoms with Crippen LogP contribution in [0.4, 0.5) is 17.1 Å². The number of piperazine rings is 2. The fourth-order valence-electron chi connectivity index (χ4n) is 5.12. The molecule has 0 spiro atoms. The van der Waals surface area contributed by atoms with E-state index in [-0.39, 0.29) is 4.99 Å². The third-order valence-electron chi connectivity index (χ3n) is 7.53. The van der Waals surface area contributed by atoms with Crippen molar-refractivity contribution in [3.8, 4) is 12.1 Å². The molecule has 0 aliphatic carbocycles. The molecule has 0 saturated carbocycles. The lowest BCUT2D eigenvalue weighted by Gasteiger charge is -2.38. The lowest BCUT2D eigenvalue weighted by atomic mass is 10.2. The Balaban J connectivity index is 0.000000197. The number of aromatic nitrogens is 1. The van der Waals surface area contributed by atoms with Crippen LogP contribution in [0.1, 0.15) is 12.5 Å². The van der Waals surface area contributed by atoms with Crippen LogP contribution in [-0.2, 0) is 0 Å². The number of allylic oxidation sites excluding steroid dienone is 1. The van der Waals surface area contributed by atoms with E-state index in [1.54, 1.807) is 6.20 Å². The number of pyridine rings is 1. The summed E-state index contributed by atoms with van der Waals surface area (Å²) in [5.74, 6) is 0. The predicted octanol–water partition coefficient (Wildman–Crippen LogP) is 6.14. The van der Waals surface area contributed by atoms with Gasteiger partial charge in [-0.25, -0.2) is 0 Å². The Morgan fingerprint density at radius 1 is 0.791 bits per heavy atom. The number of rotatable bonds is 5. The molecule has 43 heavy (non-hydrogen) atoms. The zero-order chi connectivity index (χ0) is 30.9. The molecular weight excluding hydrogens is 619 g/mol. The van der Waals surface area contributed by atoms with Gasteiger partial charge in [-0.2, -0.15) is 10.5 Å². The molecule has 0 radical (unpaired) electrons. The first-order chi connectivity index (χ1) is 20.7. The number of benzene rings is 2. The number of H-pyrrole nitrogens is 1. The average molecular weight is 652 g/mol. The highest BCUT2D eigenvalue weighted by Crippen LogP contribution is 2.25. The highest BCUT2D eigenvalue weighted by molar-refractivity contribution is 7.80. The number of anilines is 3. The quantitative estimate of drug-likeness (QED) is 0.191. The highest BCUT2D eigenvalue weighted by Gasteiger charge is 2.21. The summed E-state index contributed by atoms with van der Waals surface area (Å²) >= 11 is 22.0. The van der Waals surface area contributed by atoms with Crippen LogP contribution >= 0.6 is 47.6 Å². The van der Waals surface area contributed by atoms with Crippen molar-refractivity contribution in [2.75, 3.05) is 67.1 Å². The van der Waals surface area contributed by atoms with Gasteiger partial charge in [0.25, 0.3) is 0 Å². The lowest BCUT2D eigenvalue weighted by molar-refractivity contribution is 0.321. The largest absolute Gasteiger partial charge is 0.389 e. The van der Waals surface area contributed by atoms with E-state index < -0.39 is 0 Å². The maximum Gasteiger partial charge on any atom is 0.123 e. The second-order valence-electron chi connectivity index (χ2n) is 10.0. The Morgan fingerprint density at radius 2 is 1.26 bits per heavy atom. The van der Waals surface area contributed by atoms with Crippen molar-refractivity contribution in [2.45, 2.75) is 6.92 Å². The molecule has 2 saturated heterocycles. The van der Waals surface area contributed by atoms with Gasteiger partial charge in [-0.05, 0) is 61.5 Å². The molecule has 12 heteroatoms. The van der Waals surface area contributed by atoms with E-state index in [1.165, 1.54) is 5.69 Å². The molecule has 3 N–H and O–H groups in total. The Hall–Kier alpha value is -3.80. The maximum atomic E-state index is 9.30. The number of nitrogens with two attached hydrogens (primary N) is 1. The summed E-state index contributed by atoms with van der Waals surface area (Å²) in [6, 6.07) is 22.0. The summed E-state index contributed by atoms with van der Waals surface area (Å²) in [4.78, 5) is 12.1. The smallest absolute Gasteiger partial charge is 0.123 e. The molecule has 8 nitrogen and oxygen atoms in total. The highest BCUT2D eigenvalue weighted by atomic mass is 35.5. The van der Waals surface area contributed by atoms with Crippen molar-refractivity contribution in [1.29, 1.82) is 10.5 Å². The molecular formula is C31H32Cl2N8S2. The fraction of sp³-hybridized carbons (Fsp3) is 0.290. The van der Waals surface area contributed by atoms with Crippen LogP contribution in [0, 0.1) is 27.3 Å². The van der Waals surface area contributed by atoms with Gasteiger partial charge in [0.15, 0.2) is 0 Å². The molecule has 2 aliphatic heterocycles. The van der Waals surface area contributed by atoms with E-state index in [0.29, 0.717) is 15.8 Å². The number of hydrogen-bond acceptors (Lipinski definition) is 8. The summed E-state index contributed by atoms with van der Waals surface area (Å²) in [5.41, 5.74) is 10.7.